The molecule has 9 heteroatoms. The molecule has 150 valence electrons. The molecule has 0 bridgehead atoms. The van der Waals surface area contributed by atoms with Crippen molar-refractivity contribution in [2.24, 2.45) is 5.92 Å². The standard InChI is InChI=1S/C19H26N6O3/c1-13(2)10-18-22-17(23-28-18)6-9-25(14(3)26)16-5-8-24(12-16)19(27)15-4-7-20-21-11-15/h4,7,11,13,16H,5-6,8-10,12H2,1-3H3. The van der Waals surface area contributed by atoms with E-state index in [9.17, 15) is 9.59 Å². The average Bonchev–Trinajstić information content (AvgIpc) is 3.31. The van der Waals surface area contributed by atoms with Gasteiger partial charge < -0.3 is 14.3 Å². The van der Waals surface area contributed by atoms with Gasteiger partial charge in [0.25, 0.3) is 5.91 Å². The van der Waals surface area contributed by atoms with E-state index in [4.69, 9.17) is 4.52 Å². The molecule has 0 aliphatic carbocycles. The Hall–Kier alpha value is -2.84. The summed E-state index contributed by atoms with van der Waals surface area (Å²) in [5, 5.41) is 11.5. The maximum atomic E-state index is 12.6. The van der Waals surface area contributed by atoms with Gasteiger partial charge in [-0.3, -0.25) is 9.59 Å². The zero-order valence-corrected chi connectivity index (χ0v) is 16.5. The SMILES string of the molecule is CC(=O)N(CCc1noc(CC(C)C)n1)C1CCN(C(=O)c2ccnnc2)C1. The number of nitrogens with zero attached hydrogens (tertiary/aromatic N) is 6. The summed E-state index contributed by atoms with van der Waals surface area (Å²) in [5.41, 5.74) is 0.509. The van der Waals surface area contributed by atoms with Gasteiger partial charge in [0.15, 0.2) is 5.82 Å². The molecule has 1 fully saturated rings. The molecule has 2 aromatic heterocycles. The van der Waals surface area contributed by atoms with Crippen LogP contribution in [0.1, 0.15) is 49.3 Å². The molecule has 1 unspecified atom stereocenters. The lowest BCUT2D eigenvalue weighted by Crippen LogP contribution is -2.42. The van der Waals surface area contributed by atoms with Crippen LogP contribution in [-0.4, -0.2) is 67.6 Å². The highest BCUT2D eigenvalue weighted by Crippen LogP contribution is 2.19. The van der Waals surface area contributed by atoms with Crippen molar-refractivity contribution in [2.45, 2.75) is 46.1 Å². The zero-order valence-electron chi connectivity index (χ0n) is 16.5. The summed E-state index contributed by atoms with van der Waals surface area (Å²) in [4.78, 5) is 32.7. The molecule has 0 aromatic carbocycles. The molecule has 3 heterocycles. The topological polar surface area (TPSA) is 105 Å². The predicted molar refractivity (Wildman–Crippen MR) is 100 cm³/mol. The summed E-state index contributed by atoms with van der Waals surface area (Å²) < 4.78 is 5.26. The summed E-state index contributed by atoms with van der Waals surface area (Å²) in [7, 11) is 0. The van der Waals surface area contributed by atoms with Gasteiger partial charge >= 0.3 is 0 Å². The van der Waals surface area contributed by atoms with Crippen molar-refractivity contribution in [3.63, 3.8) is 0 Å². The first-order chi connectivity index (χ1) is 13.4. The van der Waals surface area contributed by atoms with Gasteiger partial charge in [0.05, 0.1) is 24.0 Å². The molecule has 1 saturated heterocycles. The third-order valence-electron chi connectivity index (χ3n) is 4.80. The predicted octanol–water partition coefficient (Wildman–Crippen LogP) is 1.36. The maximum Gasteiger partial charge on any atom is 0.255 e. The third kappa shape index (κ3) is 4.90. The van der Waals surface area contributed by atoms with Crippen LogP contribution in [0.3, 0.4) is 0 Å². The van der Waals surface area contributed by atoms with Gasteiger partial charge in [0, 0.05) is 39.4 Å². The van der Waals surface area contributed by atoms with Gasteiger partial charge in [-0.15, -0.1) is 0 Å². The van der Waals surface area contributed by atoms with Crippen LogP contribution < -0.4 is 0 Å². The normalized spacial score (nSPS) is 16.6. The van der Waals surface area contributed by atoms with Crippen LogP contribution in [0.2, 0.25) is 0 Å². The second-order valence-electron chi connectivity index (χ2n) is 7.49. The highest BCUT2D eigenvalue weighted by atomic mass is 16.5. The van der Waals surface area contributed by atoms with E-state index in [0.29, 0.717) is 49.3 Å². The molecule has 2 amide bonds. The van der Waals surface area contributed by atoms with Crippen molar-refractivity contribution in [1.29, 1.82) is 0 Å². The lowest BCUT2D eigenvalue weighted by atomic mass is 10.1. The minimum atomic E-state index is -0.0857. The average molecular weight is 386 g/mol. The quantitative estimate of drug-likeness (QED) is 0.707. The third-order valence-corrected chi connectivity index (χ3v) is 4.80. The minimum Gasteiger partial charge on any atom is -0.339 e. The zero-order chi connectivity index (χ0) is 20.1. The first-order valence-corrected chi connectivity index (χ1v) is 9.58. The summed E-state index contributed by atoms with van der Waals surface area (Å²) in [6.07, 6.45) is 4.98. The largest absolute Gasteiger partial charge is 0.339 e. The van der Waals surface area contributed by atoms with Crippen molar-refractivity contribution < 1.29 is 14.1 Å². The van der Waals surface area contributed by atoms with Crippen LogP contribution in [0.4, 0.5) is 0 Å². The summed E-state index contributed by atoms with van der Waals surface area (Å²) >= 11 is 0. The molecule has 1 aliphatic heterocycles. The van der Waals surface area contributed by atoms with E-state index in [1.54, 1.807) is 22.8 Å². The Bertz CT molecular complexity index is 807. The summed E-state index contributed by atoms with van der Waals surface area (Å²) in [6, 6.07) is 1.63. The van der Waals surface area contributed by atoms with Crippen molar-refractivity contribution in [3.05, 3.63) is 35.7 Å². The maximum absolute atomic E-state index is 12.6. The van der Waals surface area contributed by atoms with E-state index in [1.165, 1.54) is 12.4 Å². The Labute approximate surface area is 164 Å². The Kier molecular flexibility index (Phi) is 6.33. The Morgan fingerprint density at radius 2 is 2.18 bits per heavy atom. The second-order valence-corrected chi connectivity index (χ2v) is 7.49. The van der Waals surface area contributed by atoms with E-state index >= 15 is 0 Å². The second kappa shape index (κ2) is 8.90. The minimum absolute atomic E-state index is 0.0155. The lowest BCUT2D eigenvalue weighted by Gasteiger charge is -2.27. The van der Waals surface area contributed by atoms with Crippen molar-refractivity contribution in [2.75, 3.05) is 19.6 Å². The molecule has 3 rings (SSSR count). The molecule has 0 saturated carbocycles. The molecule has 0 N–H and O–H groups in total. The molecule has 2 aromatic rings. The van der Waals surface area contributed by atoms with Crippen LogP contribution >= 0.6 is 0 Å². The van der Waals surface area contributed by atoms with Gasteiger partial charge in [0.1, 0.15) is 0 Å². The smallest absolute Gasteiger partial charge is 0.255 e. The van der Waals surface area contributed by atoms with Gasteiger partial charge in [-0.25, -0.2) is 0 Å². The van der Waals surface area contributed by atoms with Crippen molar-refractivity contribution in [3.8, 4) is 0 Å². The number of rotatable bonds is 7. The Morgan fingerprint density at radius 3 is 2.86 bits per heavy atom. The Balaban J connectivity index is 1.58. The van der Waals surface area contributed by atoms with Crippen molar-refractivity contribution in [1.82, 2.24) is 30.1 Å². The van der Waals surface area contributed by atoms with E-state index in [-0.39, 0.29) is 17.9 Å². The van der Waals surface area contributed by atoms with E-state index in [1.807, 2.05) is 0 Å². The number of hydrogen-bond donors (Lipinski definition) is 0. The number of aromatic nitrogens is 4. The first-order valence-electron chi connectivity index (χ1n) is 9.58. The van der Waals surface area contributed by atoms with Gasteiger partial charge in [0.2, 0.25) is 11.8 Å². The molecule has 0 spiro atoms. The number of carbonyl (C=O) groups is 2. The Morgan fingerprint density at radius 1 is 1.36 bits per heavy atom. The number of likely N-dealkylation sites (tertiary alicyclic amines) is 1. The van der Waals surface area contributed by atoms with Crippen LogP contribution in [-0.2, 0) is 17.6 Å². The fourth-order valence-electron chi connectivity index (χ4n) is 3.42. The highest BCUT2D eigenvalue weighted by Gasteiger charge is 2.32. The van der Waals surface area contributed by atoms with Crippen LogP contribution in [0.15, 0.2) is 23.0 Å². The fourth-order valence-corrected chi connectivity index (χ4v) is 3.42. The number of amides is 2. The first kappa shape index (κ1) is 19.9. The molecule has 1 atom stereocenters. The lowest BCUT2D eigenvalue weighted by molar-refractivity contribution is -0.130. The van der Waals surface area contributed by atoms with Crippen LogP contribution in [0.25, 0.3) is 0 Å². The van der Waals surface area contributed by atoms with E-state index in [2.05, 4.69) is 34.2 Å². The van der Waals surface area contributed by atoms with E-state index < -0.39 is 0 Å². The van der Waals surface area contributed by atoms with Gasteiger partial charge in [-0.2, -0.15) is 15.2 Å². The number of carbonyl (C=O) groups excluding carboxylic acids is 2. The molecule has 9 nitrogen and oxygen atoms in total. The molecule has 1 aliphatic rings. The molecular formula is C19H26N6O3. The van der Waals surface area contributed by atoms with Crippen LogP contribution in [0, 0.1) is 5.92 Å². The molecule has 0 radical (unpaired) electrons. The number of hydrogen-bond acceptors (Lipinski definition) is 7. The van der Waals surface area contributed by atoms with Crippen molar-refractivity contribution >= 4 is 11.8 Å². The summed E-state index contributed by atoms with van der Waals surface area (Å²) in [6.45, 7) is 7.35. The molecular weight excluding hydrogens is 360 g/mol. The van der Waals surface area contributed by atoms with Crippen LogP contribution in [0.5, 0.6) is 0 Å². The molecule has 28 heavy (non-hydrogen) atoms. The fraction of sp³-hybridized carbons (Fsp3) is 0.579. The van der Waals surface area contributed by atoms with Gasteiger partial charge in [-0.1, -0.05) is 19.0 Å². The highest BCUT2D eigenvalue weighted by molar-refractivity contribution is 5.94. The van der Waals surface area contributed by atoms with E-state index in [0.717, 1.165) is 12.8 Å². The monoisotopic (exact) mass is 386 g/mol. The summed E-state index contributed by atoms with van der Waals surface area (Å²) in [5.74, 6) is 1.58. The van der Waals surface area contributed by atoms with Gasteiger partial charge in [-0.05, 0) is 18.4 Å².